The van der Waals surface area contributed by atoms with Crippen LogP contribution in [0.3, 0.4) is 0 Å². The van der Waals surface area contributed by atoms with Gasteiger partial charge in [-0.3, -0.25) is 5.10 Å². The average molecular weight is 350 g/mol. The maximum absolute atomic E-state index is 14.1. The Morgan fingerprint density at radius 3 is 2.48 bits per heavy atom. The van der Waals surface area contributed by atoms with Crippen molar-refractivity contribution in [3.05, 3.63) is 58.6 Å². The Kier molecular flexibility index (Phi) is 3.47. The molecule has 0 bridgehead atoms. The molecule has 0 saturated heterocycles. The molecule has 1 aromatic heterocycles. The van der Waals surface area contributed by atoms with E-state index in [0.717, 1.165) is 0 Å². The Balaban J connectivity index is 2.27. The van der Waals surface area contributed by atoms with Gasteiger partial charge in [0.05, 0.1) is 11.3 Å². The summed E-state index contributed by atoms with van der Waals surface area (Å²) < 4.78 is 28.8. The second-order valence-corrected chi connectivity index (χ2v) is 5.38. The number of H-pyrrole nitrogens is 1. The van der Waals surface area contributed by atoms with Crippen LogP contribution >= 0.6 is 15.9 Å². The molecule has 0 unspecified atom stereocenters. The van der Waals surface area contributed by atoms with Crippen molar-refractivity contribution in [3.63, 3.8) is 0 Å². The quantitative estimate of drug-likeness (QED) is 0.721. The van der Waals surface area contributed by atoms with Gasteiger partial charge >= 0.3 is 0 Å². The molecule has 1 heterocycles. The third kappa shape index (κ3) is 2.42. The predicted octanol–water partition coefficient (Wildman–Crippen LogP) is 4.37. The number of nitrogens with zero attached hydrogens (tertiary/aromatic N) is 1. The first kappa shape index (κ1) is 13.8. The zero-order valence-electron chi connectivity index (χ0n) is 10.7. The van der Waals surface area contributed by atoms with Gasteiger partial charge in [0.2, 0.25) is 0 Å². The molecular weight excluding hydrogens is 340 g/mol. The van der Waals surface area contributed by atoms with Crippen molar-refractivity contribution >= 4 is 21.7 Å². The number of nitrogen functional groups attached to an aromatic ring is 1. The zero-order valence-corrected chi connectivity index (χ0v) is 12.3. The lowest BCUT2D eigenvalue weighted by atomic mass is 10.00. The summed E-state index contributed by atoms with van der Waals surface area (Å²) in [4.78, 5) is 0. The molecule has 0 aliphatic carbocycles. The summed E-state index contributed by atoms with van der Waals surface area (Å²) in [5, 5.41) is 6.57. The van der Waals surface area contributed by atoms with Gasteiger partial charge in [0.1, 0.15) is 11.6 Å². The predicted molar refractivity (Wildman–Crippen MR) is 81.5 cm³/mol. The number of anilines is 1. The van der Waals surface area contributed by atoms with Crippen molar-refractivity contribution in [1.29, 1.82) is 0 Å². The summed E-state index contributed by atoms with van der Waals surface area (Å²) in [6.45, 7) is 0. The van der Waals surface area contributed by atoms with Crippen LogP contribution in [0.5, 0.6) is 0 Å². The van der Waals surface area contributed by atoms with Crippen molar-refractivity contribution in [2.75, 3.05) is 5.73 Å². The van der Waals surface area contributed by atoms with Crippen LogP contribution in [0.1, 0.15) is 0 Å². The number of aromatic amines is 1. The van der Waals surface area contributed by atoms with E-state index in [4.69, 9.17) is 5.73 Å². The van der Waals surface area contributed by atoms with E-state index < -0.39 is 11.6 Å². The topological polar surface area (TPSA) is 54.7 Å². The Hall–Kier alpha value is -2.21. The van der Waals surface area contributed by atoms with Gasteiger partial charge in [-0.25, -0.2) is 8.78 Å². The normalized spacial score (nSPS) is 10.8. The molecule has 0 radical (unpaired) electrons. The minimum absolute atomic E-state index is 0.120. The molecule has 0 saturated carbocycles. The Bertz CT molecular complexity index is 814. The fourth-order valence-electron chi connectivity index (χ4n) is 2.18. The molecule has 3 N–H and O–H groups in total. The van der Waals surface area contributed by atoms with E-state index >= 15 is 0 Å². The first-order valence-corrected chi connectivity index (χ1v) is 6.91. The number of nitrogens with two attached hydrogens (primary N) is 1. The third-order valence-corrected chi connectivity index (χ3v) is 3.63. The summed E-state index contributed by atoms with van der Waals surface area (Å²) in [5.41, 5.74) is 7.07. The van der Waals surface area contributed by atoms with Gasteiger partial charge in [-0.2, -0.15) is 5.10 Å². The SMILES string of the molecule is Nc1n[nH]c(-c2cc(Br)ccc2F)c1-c1ccccc1F. The van der Waals surface area contributed by atoms with Crippen LogP contribution in [0.2, 0.25) is 0 Å². The molecule has 0 amide bonds. The van der Waals surface area contributed by atoms with Gasteiger partial charge in [0.15, 0.2) is 5.82 Å². The van der Waals surface area contributed by atoms with Crippen LogP contribution < -0.4 is 5.73 Å². The molecule has 3 nitrogen and oxygen atoms in total. The van der Waals surface area contributed by atoms with Crippen LogP contribution in [-0.4, -0.2) is 10.2 Å². The number of benzene rings is 2. The van der Waals surface area contributed by atoms with E-state index in [-0.39, 0.29) is 16.9 Å². The highest BCUT2D eigenvalue weighted by Gasteiger charge is 2.19. The number of rotatable bonds is 2. The van der Waals surface area contributed by atoms with Crippen LogP contribution in [0.4, 0.5) is 14.6 Å². The lowest BCUT2D eigenvalue weighted by Crippen LogP contribution is -1.92. The second kappa shape index (κ2) is 5.29. The molecule has 2 aromatic carbocycles. The summed E-state index contributed by atoms with van der Waals surface area (Å²) in [6, 6.07) is 10.7. The number of aromatic nitrogens is 2. The minimum atomic E-state index is -0.445. The van der Waals surface area contributed by atoms with Crippen LogP contribution in [0.25, 0.3) is 22.4 Å². The number of hydrogen-bond acceptors (Lipinski definition) is 2. The average Bonchev–Trinajstić information content (AvgIpc) is 2.84. The largest absolute Gasteiger partial charge is 0.382 e. The number of hydrogen-bond donors (Lipinski definition) is 2. The van der Waals surface area contributed by atoms with E-state index in [0.29, 0.717) is 15.7 Å². The van der Waals surface area contributed by atoms with Crippen molar-refractivity contribution in [1.82, 2.24) is 10.2 Å². The molecular formula is C15H10BrF2N3. The molecule has 6 heteroatoms. The molecule has 0 spiro atoms. The second-order valence-electron chi connectivity index (χ2n) is 4.46. The summed E-state index contributed by atoms with van der Waals surface area (Å²) >= 11 is 3.29. The van der Waals surface area contributed by atoms with E-state index in [9.17, 15) is 8.78 Å². The highest BCUT2D eigenvalue weighted by Crippen LogP contribution is 2.37. The maximum Gasteiger partial charge on any atom is 0.153 e. The van der Waals surface area contributed by atoms with Gasteiger partial charge in [0, 0.05) is 15.6 Å². The fraction of sp³-hybridized carbons (Fsp3) is 0. The monoisotopic (exact) mass is 349 g/mol. The van der Waals surface area contributed by atoms with E-state index in [1.807, 2.05) is 0 Å². The standard InChI is InChI=1S/C15H10BrF2N3/c16-8-5-6-12(18)10(7-8)14-13(15(19)21-20-14)9-3-1-2-4-11(9)17/h1-7H,(H3,19,20,21). The van der Waals surface area contributed by atoms with Crippen LogP contribution in [0, 0.1) is 11.6 Å². The molecule has 0 atom stereocenters. The number of halogens is 3. The Labute approximate surface area is 127 Å². The Morgan fingerprint density at radius 1 is 1.00 bits per heavy atom. The molecule has 0 fully saturated rings. The molecule has 3 aromatic rings. The van der Waals surface area contributed by atoms with Gasteiger partial charge in [-0.1, -0.05) is 34.1 Å². The molecule has 0 aliphatic rings. The van der Waals surface area contributed by atoms with Crippen molar-refractivity contribution in [3.8, 4) is 22.4 Å². The van der Waals surface area contributed by atoms with Gasteiger partial charge < -0.3 is 5.73 Å². The van der Waals surface area contributed by atoms with E-state index in [1.165, 1.54) is 12.1 Å². The molecule has 106 valence electrons. The molecule has 21 heavy (non-hydrogen) atoms. The van der Waals surface area contributed by atoms with Crippen molar-refractivity contribution in [2.45, 2.75) is 0 Å². The lowest BCUT2D eigenvalue weighted by Gasteiger charge is -2.07. The summed E-state index contributed by atoms with van der Waals surface area (Å²) in [7, 11) is 0. The highest BCUT2D eigenvalue weighted by atomic mass is 79.9. The van der Waals surface area contributed by atoms with Gasteiger partial charge in [-0.15, -0.1) is 0 Å². The minimum Gasteiger partial charge on any atom is -0.382 e. The van der Waals surface area contributed by atoms with Gasteiger partial charge in [-0.05, 0) is 24.3 Å². The first-order valence-electron chi connectivity index (χ1n) is 6.12. The van der Waals surface area contributed by atoms with Crippen LogP contribution in [-0.2, 0) is 0 Å². The van der Waals surface area contributed by atoms with Crippen molar-refractivity contribution < 1.29 is 8.78 Å². The van der Waals surface area contributed by atoms with Crippen LogP contribution in [0.15, 0.2) is 46.9 Å². The summed E-state index contributed by atoms with van der Waals surface area (Å²) in [5.74, 6) is -0.767. The summed E-state index contributed by atoms with van der Waals surface area (Å²) in [6.07, 6.45) is 0. The van der Waals surface area contributed by atoms with Gasteiger partial charge in [0.25, 0.3) is 0 Å². The Morgan fingerprint density at radius 2 is 1.71 bits per heavy atom. The zero-order chi connectivity index (χ0) is 15.0. The van der Waals surface area contributed by atoms with E-state index in [1.54, 1.807) is 30.3 Å². The fourth-order valence-corrected chi connectivity index (χ4v) is 2.54. The maximum atomic E-state index is 14.1. The highest BCUT2D eigenvalue weighted by molar-refractivity contribution is 9.10. The first-order chi connectivity index (χ1) is 10.1. The lowest BCUT2D eigenvalue weighted by molar-refractivity contribution is 0.629. The molecule has 0 aliphatic heterocycles. The van der Waals surface area contributed by atoms with E-state index in [2.05, 4.69) is 26.1 Å². The smallest absolute Gasteiger partial charge is 0.153 e. The number of nitrogens with one attached hydrogen (secondary N) is 1. The third-order valence-electron chi connectivity index (χ3n) is 3.14. The molecule has 3 rings (SSSR count). The van der Waals surface area contributed by atoms with Crippen molar-refractivity contribution in [2.24, 2.45) is 0 Å².